The smallest absolute Gasteiger partial charge is 0.123 e. The molecule has 0 saturated heterocycles. The van der Waals surface area contributed by atoms with E-state index in [1.54, 1.807) is 7.11 Å². The quantitative estimate of drug-likeness (QED) is 0.248. The number of fused-ring (bicyclic) bond motifs is 1. The first-order chi connectivity index (χ1) is 14.9. The Morgan fingerprint density at radius 1 is 0.667 bits per heavy atom. The summed E-state index contributed by atoms with van der Waals surface area (Å²) >= 11 is 0. The number of ether oxygens (including phenoxy) is 1. The molecule has 0 aromatic heterocycles. The molecule has 0 heterocycles. The first-order valence-corrected chi connectivity index (χ1v) is 12.6. The van der Waals surface area contributed by atoms with Crippen LogP contribution < -0.4 is 10.1 Å². The van der Waals surface area contributed by atoms with Gasteiger partial charge in [0.05, 0.1) is 7.11 Å². The van der Waals surface area contributed by atoms with E-state index in [0.29, 0.717) is 0 Å². The number of nitrogens with one attached hydrogen (secondary N) is 1. The third-order valence-corrected chi connectivity index (χ3v) is 6.23. The second-order valence-electron chi connectivity index (χ2n) is 8.74. The van der Waals surface area contributed by atoms with Crippen LogP contribution in [-0.2, 0) is 6.54 Å². The number of hydrogen-bond acceptors (Lipinski definition) is 2. The van der Waals surface area contributed by atoms with Crippen LogP contribution in [0.3, 0.4) is 0 Å². The molecular weight excluding hydrogens is 366 g/mol. The van der Waals surface area contributed by atoms with Crippen molar-refractivity contribution in [2.75, 3.05) is 13.7 Å². The summed E-state index contributed by atoms with van der Waals surface area (Å²) in [5.74, 6) is 0.988. The van der Waals surface area contributed by atoms with Gasteiger partial charge in [-0.25, -0.2) is 0 Å². The van der Waals surface area contributed by atoms with Crippen molar-refractivity contribution in [3.63, 3.8) is 0 Å². The Bertz CT molecular complexity index is 681. The third kappa shape index (κ3) is 9.51. The lowest BCUT2D eigenvalue weighted by Crippen LogP contribution is -2.15. The summed E-state index contributed by atoms with van der Waals surface area (Å²) in [5, 5.41) is 6.21. The molecule has 2 aromatic rings. The van der Waals surface area contributed by atoms with Crippen molar-refractivity contribution in [2.45, 2.75) is 103 Å². The molecule has 30 heavy (non-hydrogen) atoms. The highest BCUT2D eigenvalue weighted by atomic mass is 16.5. The molecule has 2 aromatic carbocycles. The van der Waals surface area contributed by atoms with Gasteiger partial charge in [-0.1, -0.05) is 121 Å². The van der Waals surface area contributed by atoms with Crippen LogP contribution in [0.1, 0.15) is 102 Å². The molecule has 168 valence electrons. The van der Waals surface area contributed by atoms with Crippen LogP contribution in [0.25, 0.3) is 10.8 Å². The van der Waals surface area contributed by atoms with E-state index < -0.39 is 0 Å². The Morgan fingerprint density at radius 2 is 1.23 bits per heavy atom. The zero-order valence-electron chi connectivity index (χ0n) is 19.7. The van der Waals surface area contributed by atoms with Gasteiger partial charge in [0.25, 0.3) is 0 Å². The maximum Gasteiger partial charge on any atom is 0.123 e. The van der Waals surface area contributed by atoms with E-state index in [2.05, 4.69) is 48.6 Å². The topological polar surface area (TPSA) is 21.3 Å². The number of hydrogen-bond donors (Lipinski definition) is 1. The molecule has 0 aliphatic heterocycles. The first kappa shape index (κ1) is 24.7. The van der Waals surface area contributed by atoms with E-state index in [1.165, 1.54) is 106 Å². The molecule has 0 aliphatic rings. The fourth-order valence-electron chi connectivity index (χ4n) is 4.35. The molecular formula is C28H45NO. The second-order valence-corrected chi connectivity index (χ2v) is 8.74. The Labute approximate surface area is 185 Å². The fraction of sp³-hybridized carbons (Fsp3) is 0.643. The van der Waals surface area contributed by atoms with Gasteiger partial charge in [0, 0.05) is 12.1 Å². The van der Waals surface area contributed by atoms with Crippen molar-refractivity contribution in [1.82, 2.24) is 5.32 Å². The minimum atomic E-state index is 0.878. The number of methoxy groups -OCH3 is 1. The highest BCUT2D eigenvalue weighted by molar-refractivity contribution is 5.87. The molecule has 2 rings (SSSR count). The molecule has 0 unspecified atom stereocenters. The summed E-state index contributed by atoms with van der Waals surface area (Å²) in [5.41, 5.74) is 1.28. The zero-order chi connectivity index (χ0) is 21.3. The number of benzene rings is 2. The monoisotopic (exact) mass is 411 g/mol. The van der Waals surface area contributed by atoms with Crippen LogP contribution >= 0.6 is 0 Å². The normalized spacial score (nSPS) is 11.3. The van der Waals surface area contributed by atoms with Crippen LogP contribution in [0.5, 0.6) is 5.75 Å². The standard InChI is InChI=1S/C28H45NO/c1-3-4-5-6-7-8-9-10-11-12-13-14-15-18-23-29-24-27-26-20-17-16-19-25(26)21-22-28(27)30-2/h16-17,19-22,29H,3-15,18,23-24H2,1-2H3. The van der Waals surface area contributed by atoms with Gasteiger partial charge in [0.1, 0.15) is 5.75 Å². The summed E-state index contributed by atoms with van der Waals surface area (Å²) in [7, 11) is 1.77. The third-order valence-electron chi connectivity index (χ3n) is 6.23. The van der Waals surface area contributed by atoms with Crippen molar-refractivity contribution in [1.29, 1.82) is 0 Å². The van der Waals surface area contributed by atoms with Crippen molar-refractivity contribution in [3.8, 4) is 5.75 Å². The van der Waals surface area contributed by atoms with E-state index in [9.17, 15) is 0 Å². The largest absolute Gasteiger partial charge is 0.496 e. The Kier molecular flexibility index (Phi) is 13.3. The first-order valence-electron chi connectivity index (χ1n) is 12.6. The number of unbranched alkanes of at least 4 members (excludes halogenated alkanes) is 13. The summed E-state index contributed by atoms with van der Waals surface area (Å²) in [6.07, 6.45) is 19.8. The van der Waals surface area contributed by atoms with Crippen LogP contribution in [-0.4, -0.2) is 13.7 Å². The molecule has 1 N–H and O–H groups in total. The van der Waals surface area contributed by atoms with E-state index >= 15 is 0 Å². The van der Waals surface area contributed by atoms with Gasteiger partial charge >= 0.3 is 0 Å². The van der Waals surface area contributed by atoms with Crippen LogP contribution in [0.2, 0.25) is 0 Å². The fourth-order valence-corrected chi connectivity index (χ4v) is 4.35. The lowest BCUT2D eigenvalue weighted by atomic mass is 10.0. The summed E-state index contributed by atoms with van der Waals surface area (Å²) in [6.45, 7) is 4.26. The lowest BCUT2D eigenvalue weighted by Gasteiger charge is -2.13. The van der Waals surface area contributed by atoms with E-state index in [1.807, 2.05) is 0 Å². The van der Waals surface area contributed by atoms with E-state index in [4.69, 9.17) is 4.74 Å². The molecule has 0 atom stereocenters. The molecule has 2 heteroatoms. The average Bonchev–Trinajstić information content (AvgIpc) is 2.78. The van der Waals surface area contributed by atoms with Gasteiger partial charge in [-0.15, -0.1) is 0 Å². The van der Waals surface area contributed by atoms with Gasteiger partial charge in [0.2, 0.25) is 0 Å². The Morgan fingerprint density at radius 3 is 1.83 bits per heavy atom. The second kappa shape index (κ2) is 16.2. The average molecular weight is 412 g/mol. The molecule has 0 amide bonds. The van der Waals surface area contributed by atoms with Gasteiger partial charge in [-0.3, -0.25) is 0 Å². The molecule has 0 radical (unpaired) electrons. The minimum absolute atomic E-state index is 0.878. The molecule has 0 aliphatic carbocycles. The van der Waals surface area contributed by atoms with Crippen LogP contribution in [0, 0.1) is 0 Å². The van der Waals surface area contributed by atoms with Gasteiger partial charge in [0.15, 0.2) is 0 Å². The molecule has 0 spiro atoms. The van der Waals surface area contributed by atoms with Crippen molar-refractivity contribution in [2.24, 2.45) is 0 Å². The van der Waals surface area contributed by atoms with Crippen molar-refractivity contribution < 1.29 is 4.74 Å². The van der Waals surface area contributed by atoms with Crippen LogP contribution in [0.4, 0.5) is 0 Å². The van der Waals surface area contributed by atoms with Crippen LogP contribution in [0.15, 0.2) is 36.4 Å². The SMILES string of the molecule is CCCCCCCCCCCCCCCCNCc1c(OC)ccc2ccccc12. The van der Waals surface area contributed by atoms with Crippen molar-refractivity contribution in [3.05, 3.63) is 42.0 Å². The summed E-state index contributed by atoms with van der Waals surface area (Å²) in [4.78, 5) is 0. The maximum atomic E-state index is 5.59. The minimum Gasteiger partial charge on any atom is -0.496 e. The van der Waals surface area contributed by atoms with Gasteiger partial charge in [-0.2, -0.15) is 0 Å². The lowest BCUT2D eigenvalue weighted by molar-refractivity contribution is 0.408. The molecule has 0 fully saturated rings. The van der Waals surface area contributed by atoms with E-state index in [-0.39, 0.29) is 0 Å². The molecule has 0 bridgehead atoms. The Hall–Kier alpha value is -1.54. The molecule has 0 saturated carbocycles. The van der Waals surface area contributed by atoms with E-state index in [0.717, 1.165) is 18.8 Å². The summed E-state index contributed by atoms with van der Waals surface area (Å²) in [6, 6.07) is 12.8. The zero-order valence-corrected chi connectivity index (χ0v) is 19.7. The predicted molar refractivity (Wildman–Crippen MR) is 133 cm³/mol. The predicted octanol–water partition coefficient (Wildman–Crippen LogP) is 8.42. The van der Waals surface area contributed by atoms with Gasteiger partial charge in [-0.05, 0) is 29.8 Å². The highest BCUT2D eigenvalue weighted by Crippen LogP contribution is 2.27. The highest BCUT2D eigenvalue weighted by Gasteiger charge is 2.07. The Balaban J connectivity index is 1.46. The molecule has 2 nitrogen and oxygen atoms in total. The maximum absolute atomic E-state index is 5.59. The number of rotatable bonds is 18. The summed E-state index contributed by atoms with van der Waals surface area (Å²) < 4.78 is 5.59. The van der Waals surface area contributed by atoms with Gasteiger partial charge < -0.3 is 10.1 Å². The van der Waals surface area contributed by atoms with Crippen molar-refractivity contribution >= 4 is 10.8 Å².